The van der Waals surface area contributed by atoms with Crippen molar-refractivity contribution < 1.29 is 4.74 Å². The molecule has 0 aliphatic rings. The summed E-state index contributed by atoms with van der Waals surface area (Å²) in [5, 5.41) is 1.36. The third-order valence-electron chi connectivity index (χ3n) is 2.86. The number of rotatable bonds is 4. The molecule has 2 rings (SSSR count). The molecule has 0 radical (unpaired) electrons. The largest absolute Gasteiger partial charge is 0.497 e. The first-order valence-electron chi connectivity index (χ1n) is 5.82. The number of benzene rings is 2. The van der Waals surface area contributed by atoms with Gasteiger partial charge in [-0.3, -0.25) is 0 Å². The van der Waals surface area contributed by atoms with Gasteiger partial charge in [-0.25, -0.2) is 0 Å². The van der Waals surface area contributed by atoms with Gasteiger partial charge in [-0.05, 0) is 36.2 Å². The maximum atomic E-state index is 6.21. The average molecular weight is 360 g/mol. The van der Waals surface area contributed by atoms with E-state index in [9.17, 15) is 0 Å². The molecule has 1 unspecified atom stereocenters. The van der Waals surface area contributed by atoms with E-state index < -0.39 is 0 Å². The van der Waals surface area contributed by atoms with E-state index in [1.54, 1.807) is 7.11 Å². The van der Waals surface area contributed by atoms with Crippen LogP contribution >= 0.6 is 39.1 Å². The van der Waals surface area contributed by atoms with Crippen molar-refractivity contribution in [3.8, 4) is 5.75 Å². The van der Waals surface area contributed by atoms with Gasteiger partial charge < -0.3 is 4.74 Å². The molecule has 0 fully saturated rings. The van der Waals surface area contributed by atoms with Gasteiger partial charge >= 0.3 is 0 Å². The van der Waals surface area contributed by atoms with Crippen molar-refractivity contribution in [2.75, 3.05) is 7.11 Å². The Labute approximate surface area is 131 Å². The van der Waals surface area contributed by atoms with Crippen molar-refractivity contribution >= 4 is 39.1 Å². The second-order valence-electron chi connectivity index (χ2n) is 4.16. The van der Waals surface area contributed by atoms with E-state index in [2.05, 4.69) is 22.0 Å². The van der Waals surface area contributed by atoms with Crippen molar-refractivity contribution in [2.24, 2.45) is 0 Å². The van der Waals surface area contributed by atoms with Crippen LogP contribution in [0.5, 0.6) is 5.75 Å². The summed E-state index contributed by atoms with van der Waals surface area (Å²) < 4.78 is 5.22. The average Bonchev–Trinajstić information content (AvgIpc) is 2.38. The highest BCUT2D eigenvalue weighted by Gasteiger charge is 2.15. The Balaban J connectivity index is 2.23. The molecule has 0 aromatic heterocycles. The molecule has 1 nitrogen and oxygen atoms in total. The van der Waals surface area contributed by atoms with Crippen LogP contribution in [-0.4, -0.2) is 7.11 Å². The maximum Gasteiger partial charge on any atom is 0.119 e. The van der Waals surface area contributed by atoms with Gasteiger partial charge in [-0.15, -0.1) is 0 Å². The van der Waals surface area contributed by atoms with Crippen molar-refractivity contribution in [1.82, 2.24) is 0 Å². The van der Waals surface area contributed by atoms with Crippen LogP contribution in [0, 0.1) is 0 Å². The van der Waals surface area contributed by atoms with E-state index in [0.29, 0.717) is 10.0 Å². The second kappa shape index (κ2) is 6.65. The van der Waals surface area contributed by atoms with E-state index in [1.807, 2.05) is 36.4 Å². The minimum Gasteiger partial charge on any atom is -0.497 e. The Kier molecular flexibility index (Phi) is 5.14. The van der Waals surface area contributed by atoms with Crippen molar-refractivity contribution in [1.29, 1.82) is 0 Å². The number of hydrogen-bond acceptors (Lipinski definition) is 1. The zero-order valence-electron chi connectivity index (χ0n) is 10.4. The highest BCUT2D eigenvalue weighted by Crippen LogP contribution is 2.37. The summed E-state index contributed by atoms with van der Waals surface area (Å²) in [6.45, 7) is 0. The van der Waals surface area contributed by atoms with Crippen molar-refractivity contribution in [3.63, 3.8) is 0 Å². The molecule has 0 heterocycles. The summed E-state index contributed by atoms with van der Waals surface area (Å²) in [4.78, 5) is 0.0702. The van der Waals surface area contributed by atoms with Gasteiger partial charge in [0.1, 0.15) is 5.75 Å². The highest BCUT2D eigenvalue weighted by atomic mass is 79.9. The fourth-order valence-corrected chi connectivity index (χ4v) is 3.71. The van der Waals surface area contributed by atoms with Crippen LogP contribution in [0.4, 0.5) is 0 Å². The Hall–Kier alpha value is -0.700. The Morgan fingerprint density at radius 2 is 1.74 bits per heavy atom. The van der Waals surface area contributed by atoms with Crippen LogP contribution in [-0.2, 0) is 6.42 Å². The lowest BCUT2D eigenvalue weighted by molar-refractivity contribution is 0.414. The number of methoxy groups -OCH3 is 1. The van der Waals surface area contributed by atoms with Gasteiger partial charge in [0.15, 0.2) is 0 Å². The minimum absolute atomic E-state index is 0.0702. The monoisotopic (exact) mass is 358 g/mol. The van der Waals surface area contributed by atoms with Gasteiger partial charge in [0.25, 0.3) is 0 Å². The second-order valence-corrected chi connectivity index (χ2v) is 6.08. The van der Waals surface area contributed by atoms with Crippen LogP contribution in [0.25, 0.3) is 0 Å². The van der Waals surface area contributed by atoms with Crippen LogP contribution < -0.4 is 4.74 Å². The van der Waals surface area contributed by atoms with Gasteiger partial charge in [0.2, 0.25) is 0 Å². The standard InChI is InChI=1S/C15H13BrCl2O/c1-19-11-5-2-4-10(8-11)9-12(16)15-13(17)6-3-7-14(15)18/h2-8,12H,9H2,1H3. The van der Waals surface area contributed by atoms with E-state index >= 15 is 0 Å². The third-order valence-corrected chi connectivity index (χ3v) is 4.30. The molecule has 0 bridgehead atoms. The SMILES string of the molecule is COc1cccc(CC(Br)c2c(Cl)cccc2Cl)c1. The van der Waals surface area contributed by atoms with Gasteiger partial charge in [-0.1, -0.05) is 57.3 Å². The predicted octanol–water partition coefficient (Wildman–Crippen LogP) is 5.68. The summed E-state index contributed by atoms with van der Waals surface area (Å²) in [5.74, 6) is 0.849. The first-order valence-corrected chi connectivity index (χ1v) is 7.50. The first-order chi connectivity index (χ1) is 9.11. The van der Waals surface area contributed by atoms with Gasteiger partial charge in [0, 0.05) is 20.4 Å². The zero-order valence-corrected chi connectivity index (χ0v) is 13.5. The zero-order chi connectivity index (χ0) is 13.8. The topological polar surface area (TPSA) is 9.23 Å². The molecule has 0 saturated heterocycles. The fourth-order valence-electron chi connectivity index (χ4n) is 1.92. The molecule has 2 aromatic carbocycles. The Bertz CT molecular complexity index is 552. The molecule has 0 N–H and O–H groups in total. The minimum atomic E-state index is 0.0702. The lowest BCUT2D eigenvalue weighted by Gasteiger charge is -2.14. The van der Waals surface area contributed by atoms with E-state index in [-0.39, 0.29) is 4.83 Å². The summed E-state index contributed by atoms with van der Waals surface area (Å²) >= 11 is 16.1. The molecule has 1 atom stereocenters. The van der Waals surface area contributed by atoms with Crippen LogP contribution in [0.2, 0.25) is 10.0 Å². The van der Waals surface area contributed by atoms with E-state index in [4.69, 9.17) is 27.9 Å². The summed E-state index contributed by atoms with van der Waals surface area (Å²) in [6.07, 6.45) is 0.792. The molecular formula is C15H13BrCl2O. The van der Waals surface area contributed by atoms with Crippen molar-refractivity contribution in [3.05, 3.63) is 63.6 Å². The van der Waals surface area contributed by atoms with Crippen LogP contribution in [0.3, 0.4) is 0 Å². The van der Waals surface area contributed by atoms with Gasteiger partial charge in [0.05, 0.1) is 7.11 Å². The maximum absolute atomic E-state index is 6.21. The molecule has 4 heteroatoms. The number of hydrogen-bond donors (Lipinski definition) is 0. The molecule has 19 heavy (non-hydrogen) atoms. The number of alkyl halides is 1. The molecule has 100 valence electrons. The molecule has 0 saturated carbocycles. The number of ether oxygens (including phenoxy) is 1. The Morgan fingerprint density at radius 3 is 2.37 bits per heavy atom. The lowest BCUT2D eigenvalue weighted by Crippen LogP contribution is -1.98. The van der Waals surface area contributed by atoms with Crippen molar-refractivity contribution in [2.45, 2.75) is 11.2 Å². The molecular weight excluding hydrogens is 347 g/mol. The molecule has 0 amide bonds. The van der Waals surface area contributed by atoms with Crippen LogP contribution in [0.1, 0.15) is 16.0 Å². The molecule has 0 spiro atoms. The summed E-state index contributed by atoms with van der Waals surface area (Å²) in [7, 11) is 1.66. The normalized spacial score (nSPS) is 12.2. The number of halogens is 3. The fraction of sp³-hybridized carbons (Fsp3) is 0.200. The summed E-state index contributed by atoms with van der Waals surface area (Å²) in [5.41, 5.74) is 2.09. The van der Waals surface area contributed by atoms with Gasteiger partial charge in [-0.2, -0.15) is 0 Å². The molecule has 0 aliphatic heterocycles. The quantitative estimate of drug-likeness (QED) is 0.638. The third kappa shape index (κ3) is 3.65. The lowest BCUT2D eigenvalue weighted by atomic mass is 10.0. The van der Waals surface area contributed by atoms with E-state index in [1.165, 1.54) is 0 Å². The Morgan fingerprint density at radius 1 is 1.11 bits per heavy atom. The van der Waals surface area contributed by atoms with E-state index in [0.717, 1.165) is 23.3 Å². The molecule has 0 aliphatic carbocycles. The smallest absolute Gasteiger partial charge is 0.119 e. The molecule has 2 aromatic rings. The first kappa shape index (κ1) is 14.7. The van der Waals surface area contributed by atoms with Crippen LogP contribution in [0.15, 0.2) is 42.5 Å². The highest BCUT2D eigenvalue weighted by molar-refractivity contribution is 9.09. The summed E-state index contributed by atoms with van der Waals surface area (Å²) in [6, 6.07) is 13.5. The predicted molar refractivity (Wildman–Crippen MR) is 84.8 cm³/mol.